The standard InChI is InChI=1S/C60H94N8O8/c1-35(61-9)53(71)65-51(59(3,4)5)57(75)67-33-37(28-47(67)55(73)63-45-26-16-20-39-18-11-13-24-43(39)45)30-49(69)41-22-15-23-42(32-41)50(70)31-38-29-48(56(74)64-46-27-17-21-40-19-12-14-25-44(40)46)68(34-38)58(76)52(60(6,7)8)66-54(72)36(2)62-10/h15,22-23,32,35-40,43-48,51-52,61-62H,11-14,16-21,24-31,33-34H2,1-10H3,(H,63,73)(H,64,74)(H,65,71)(H,66,72)/t35-,36-,37+,38+,39?,40?,43?,44?,45?,46?,47-,48-,51+,52+/m0/s1. The lowest BCUT2D eigenvalue weighted by Crippen LogP contribution is -2.60. The van der Waals surface area contributed by atoms with E-state index >= 15 is 0 Å². The third-order valence-corrected chi connectivity index (χ3v) is 18.7. The molecule has 2 aliphatic heterocycles. The Morgan fingerprint density at radius 2 is 0.908 bits per heavy atom. The van der Waals surface area contributed by atoms with Crippen LogP contribution in [0.2, 0.25) is 0 Å². The van der Waals surface area contributed by atoms with E-state index in [0.717, 1.165) is 51.4 Å². The second-order valence-corrected chi connectivity index (χ2v) is 26.2. The van der Waals surface area contributed by atoms with Crippen molar-refractivity contribution >= 4 is 47.0 Å². The van der Waals surface area contributed by atoms with Gasteiger partial charge in [-0.2, -0.15) is 0 Å². The molecule has 6 fully saturated rings. The van der Waals surface area contributed by atoms with E-state index in [2.05, 4.69) is 31.9 Å². The molecule has 6 amide bonds. The van der Waals surface area contributed by atoms with Crippen LogP contribution >= 0.6 is 0 Å². The summed E-state index contributed by atoms with van der Waals surface area (Å²) in [5.74, 6) is -0.938. The van der Waals surface area contributed by atoms with Crippen molar-refractivity contribution in [1.29, 1.82) is 0 Å². The van der Waals surface area contributed by atoms with Crippen LogP contribution in [0.15, 0.2) is 24.3 Å². The first kappa shape index (κ1) is 59.0. The van der Waals surface area contributed by atoms with Crippen LogP contribution in [0.1, 0.15) is 192 Å². The van der Waals surface area contributed by atoms with Gasteiger partial charge in [0.1, 0.15) is 24.2 Å². The van der Waals surface area contributed by atoms with E-state index in [9.17, 15) is 38.4 Å². The van der Waals surface area contributed by atoms with Gasteiger partial charge < -0.3 is 41.7 Å². The number of likely N-dealkylation sites (tertiary alicyclic amines) is 2. The summed E-state index contributed by atoms with van der Waals surface area (Å²) >= 11 is 0. The highest BCUT2D eigenvalue weighted by Gasteiger charge is 2.49. The van der Waals surface area contributed by atoms with Gasteiger partial charge in [-0.05, 0) is 119 Å². The fraction of sp³-hybridized carbons (Fsp3) is 0.767. The summed E-state index contributed by atoms with van der Waals surface area (Å²) in [6.45, 7) is 15.1. The van der Waals surface area contributed by atoms with Crippen molar-refractivity contribution in [3.05, 3.63) is 35.4 Å². The number of ketones is 2. The van der Waals surface area contributed by atoms with Crippen LogP contribution in [0.25, 0.3) is 0 Å². The van der Waals surface area contributed by atoms with Crippen molar-refractivity contribution in [3.8, 4) is 0 Å². The first-order valence-electron chi connectivity index (χ1n) is 29.3. The highest BCUT2D eigenvalue weighted by Crippen LogP contribution is 2.43. The van der Waals surface area contributed by atoms with Crippen LogP contribution < -0.4 is 31.9 Å². The second kappa shape index (κ2) is 25.4. The molecule has 422 valence electrons. The van der Waals surface area contributed by atoms with Gasteiger partial charge in [0.2, 0.25) is 35.4 Å². The molecule has 0 bridgehead atoms. The molecule has 4 aliphatic carbocycles. The number of nitrogens with zero attached hydrogens (tertiary/aromatic N) is 2. The maximum Gasteiger partial charge on any atom is 0.246 e. The molecule has 7 rings (SSSR count). The Bertz CT molecular complexity index is 2120. The lowest BCUT2D eigenvalue weighted by molar-refractivity contribution is -0.144. The predicted octanol–water partition coefficient (Wildman–Crippen LogP) is 6.49. The van der Waals surface area contributed by atoms with Gasteiger partial charge >= 0.3 is 0 Å². The normalized spacial score (nSPS) is 29.4. The molecule has 0 aromatic heterocycles. The Morgan fingerprint density at radius 3 is 1.28 bits per heavy atom. The Morgan fingerprint density at radius 1 is 0.539 bits per heavy atom. The molecular weight excluding hydrogens is 961 g/mol. The number of hydrogen-bond acceptors (Lipinski definition) is 10. The van der Waals surface area contributed by atoms with Crippen molar-refractivity contribution in [1.82, 2.24) is 41.7 Å². The number of carbonyl (C=O) groups is 8. The third kappa shape index (κ3) is 14.1. The molecule has 16 heteroatoms. The number of carbonyl (C=O) groups excluding carboxylic acids is 8. The Hall–Kier alpha value is -4.70. The maximum absolute atomic E-state index is 14.8. The van der Waals surface area contributed by atoms with Crippen LogP contribution in [0.4, 0.5) is 0 Å². The summed E-state index contributed by atoms with van der Waals surface area (Å²) in [4.78, 5) is 117. The Kier molecular flexibility index (Phi) is 19.7. The largest absolute Gasteiger partial charge is 0.351 e. The molecule has 16 nitrogen and oxygen atoms in total. The van der Waals surface area contributed by atoms with Gasteiger partial charge in [0.25, 0.3) is 0 Å². The summed E-state index contributed by atoms with van der Waals surface area (Å²) in [5.41, 5.74) is -0.690. The van der Waals surface area contributed by atoms with E-state index in [-0.39, 0.29) is 110 Å². The first-order chi connectivity index (χ1) is 36.0. The number of likely N-dealkylation sites (N-methyl/N-ethyl adjacent to an activating group) is 2. The average Bonchev–Trinajstić information content (AvgIpc) is 4.03. The van der Waals surface area contributed by atoms with Gasteiger partial charge in [-0.25, -0.2) is 0 Å². The van der Waals surface area contributed by atoms with Crippen LogP contribution in [0, 0.1) is 46.3 Å². The molecule has 14 atom stereocenters. The molecule has 4 saturated carbocycles. The van der Waals surface area contributed by atoms with Crippen molar-refractivity contribution < 1.29 is 38.4 Å². The molecule has 6 N–H and O–H groups in total. The third-order valence-electron chi connectivity index (χ3n) is 18.7. The van der Waals surface area contributed by atoms with E-state index in [0.29, 0.717) is 34.8 Å². The number of amides is 6. The van der Waals surface area contributed by atoms with E-state index in [1.807, 2.05) is 41.5 Å². The van der Waals surface area contributed by atoms with Crippen molar-refractivity contribution in [2.24, 2.45) is 46.3 Å². The number of hydrogen-bond donors (Lipinski definition) is 6. The predicted molar refractivity (Wildman–Crippen MR) is 294 cm³/mol. The monoisotopic (exact) mass is 1050 g/mol. The highest BCUT2D eigenvalue weighted by atomic mass is 16.2. The summed E-state index contributed by atoms with van der Waals surface area (Å²) in [5, 5.41) is 18.6. The van der Waals surface area contributed by atoms with Crippen molar-refractivity contribution in [2.45, 2.75) is 219 Å². The van der Waals surface area contributed by atoms with E-state index < -0.39 is 47.1 Å². The topological polar surface area (TPSA) is 215 Å². The molecule has 1 aromatic carbocycles. The number of benzene rings is 1. The lowest BCUT2D eigenvalue weighted by Gasteiger charge is -2.42. The molecule has 1 aromatic rings. The minimum Gasteiger partial charge on any atom is -0.351 e. The summed E-state index contributed by atoms with van der Waals surface area (Å²) < 4.78 is 0. The van der Waals surface area contributed by atoms with Crippen LogP contribution in [-0.2, 0) is 28.8 Å². The van der Waals surface area contributed by atoms with Gasteiger partial charge in [-0.1, -0.05) is 124 Å². The fourth-order valence-electron chi connectivity index (χ4n) is 14.0. The molecule has 0 spiro atoms. The zero-order valence-corrected chi connectivity index (χ0v) is 47.7. The number of nitrogens with one attached hydrogen (secondary N) is 6. The SMILES string of the molecule is CN[C@@H](C)C(=O)N[C@H](C(=O)N1C[C@@H](CC(=O)c2cccc(C(=O)C[C@H]3C[C@@H](C(=O)NC4CCCC5CCCCC54)N(C(=O)[C@@H](NC(=O)[C@H](C)NC)C(C)(C)C)C3)c2)C[C@H]1C(=O)NC1CCCC2CCCCC21)C(C)(C)C. The fourth-order valence-corrected chi connectivity index (χ4v) is 14.0. The first-order valence-corrected chi connectivity index (χ1v) is 29.3. The second-order valence-electron chi connectivity index (χ2n) is 26.2. The van der Waals surface area contributed by atoms with Gasteiger partial charge in [0.05, 0.1) is 12.1 Å². The van der Waals surface area contributed by atoms with Gasteiger partial charge in [-0.15, -0.1) is 0 Å². The van der Waals surface area contributed by atoms with Crippen LogP contribution in [0.5, 0.6) is 0 Å². The lowest BCUT2D eigenvalue weighted by atomic mass is 9.68. The summed E-state index contributed by atoms with van der Waals surface area (Å²) in [7, 11) is 3.36. The molecule has 6 aliphatic rings. The van der Waals surface area contributed by atoms with E-state index in [1.54, 1.807) is 62.0 Å². The quantitative estimate of drug-likeness (QED) is 0.0879. The molecular formula is C60H94N8O8. The molecule has 2 heterocycles. The van der Waals surface area contributed by atoms with Gasteiger partial charge in [0.15, 0.2) is 11.6 Å². The van der Waals surface area contributed by atoms with E-state index in [4.69, 9.17) is 0 Å². The number of Topliss-reactive ketones (excluding diaryl/α,β-unsaturated/α-hetero) is 2. The van der Waals surface area contributed by atoms with Crippen molar-refractivity contribution in [2.75, 3.05) is 27.2 Å². The molecule has 76 heavy (non-hydrogen) atoms. The minimum absolute atomic E-state index is 0.0288. The summed E-state index contributed by atoms with van der Waals surface area (Å²) in [6.07, 6.45) is 16.1. The molecule has 2 saturated heterocycles. The summed E-state index contributed by atoms with van der Waals surface area (Å²) in [6, 6.07) is 2.14. The van der Waals surface area contributed by atoms with Crippen LogP contribution in [0.3, 0.4) is 0 Å². The highest BCUT2D eigenvalue weighted by molar-refractivity contribution is 6.02. The van der Waals surface area contributed by atoms with Gasteiger partial charge in [0, 0.05) is 49.1 Å². The minimum atomic E-state index is -0.926. The van der Waals surface area contributed by atoms with Crippen molar-refractivity contribution in [3.63, 3.8) is 0 Å². The average molecular weight is 1060 g/mol. The molecule has 6 unspecified atom stereocenters. The zero-order valence-electron chi connectivity index (χ0n) is 47.7. The van der Waals surface area contributed by atoms with Crippen LogP contribution in [-0.4, -0.2) is 132 Å². The number of rotatable bonds is 18. The van der Waals surface area contributed by atoms with Gasteiger partial charge in [-0.3, -0.25) is 38.4 Å². The Balaban J connectivity index is 1.07. The Labute approximate surface area is 453 Å². The smallest absolute Gasteiger partial charge is 0.246 e. The number of fused-ring (bicyclic) bond motifs is 2. The zero-order chi connectivity index (χ0) is 55.2. The molecule has 0 radical (unpaired) electrons. The van der Waals surface area contributed by atoms with E-state index in [1.165, 1.54) is 38.5 Å². The maximum atomic E-state index is 14.8.